The van der Waals surface area contributed by atoms with E-state index in [1.54, 1.807) is 11.3 Å². The summed E-state index contributed by atoms with van der Waals surface area (Å²) in [5, 5.41) is 2.96. The molecule has 2 heterocycles. The highest BCUT2D eigenvalue weighted by molar-refractivity contribution is 7.14. The van der Waals surface area contributed by atoms with Gasteiger partial charge in [0.25, 0.3) is 5.91 Å². The minimum Gasteiger partial charge on any atom is -0.355 e. The van der Waals surface area contributed by atoms with Crippen molar-refractivity contribution in [3.05, 3.63) is 21.4 Å². The number of thiophene rings is 1. The first-order valence-corrected chi connectivity index (χ1v) is 10.9. The van der Waals surface area contributed by atoms with Crippen molar-refractivity contribution in [2.45, 2.75) is 51.9 Å². The highest BCUT2D eigenvalue weighted by Crippen LogP contribution is 2.29. The maximum Gasteiger partial charge on any atom is 0.264 e. The van der Waals surface area contributed by atoms with Gasteiger partial charge in [0.2, 0.25) is 5.91 Å². The normalized spacial score (nSPS) is 18.3. The molecule has 5 nitrogen and oxygen atoms in total. The summed E-state index contributed by atoms with van der Waals surface area (Å²) in [5.74, 6) is 0.273. The Morgan fingerprint density at radius 1 is 1.12 bits per heavy atom. The summed E-state index contributed by atoms with van der Waals surface area (Å²) >= 11 is 1.70. The second-order valence-corrected chi connectivity index (χ2v) is 8.53. The maximum absolute atomic E-state index is 12.8. The molecule has 0 spiro atoms. The van der Waals surface area contributed by atoms with Crippen molar-refractivity contribution >= 4 is 23.2 Å². The second kappa shape index (κ2) is 9.51. The van der Waals surface area contributed by atoms with Crippen LogP contribution in [-0.4, -0.2) is 60.9 Å². The molecule has 1 aliphatic carbocycles. The topological polar surface area (TPSA) is 52.7 Å². The predicted octanol–water partition coefficient (Wildman–Crippen LogP) is 2.69. The molecular formula is C20H31N3O2S. The van der Waals surface area contributed by atoms with Gasteiger partial charge in [-0.1, -0.05) is 19.8 Å². The Hall–Kier alpha value is -1.40. The molecule has 2 aliphatic rings. The van der Waals surface area contributed by atoms with Crippen LogP contribution in [0, 0.1) is 0 Å². The Bertz CT molecular complexity index is 597. The van der Waals surface area contributed by atoms with E-state index < -0.39 is 0 Å². The Balaban J connectivity index is 1.47. The zero-order valence-electron chi connectivity index (χ0n) is 15.9. The van der Waals surface area contributed by atoms with Crippen LogP contribution in [0.3, 0.4) is 0 Å². The number of amides is 2. The minimum atomic E-state index is 0.0974. The van der Waals surface area contributed by atoms with E-state index >= 15 is 0 Å². The Labute approximate surface area is 160 Å². The molecule has 1 fully saturated rings. The number of nitrogens with zero attached hydrogens (tertiary/aromatic N) is 2. The number of hydrogen-bond acceptors (Lipinski definition) is 4. The molecule has 0 saturated carbocycles. The first-order chi connectivity index (χ1) is 12.7. The number of rotatable bonds is 6. The Morgan fingerprint density at radius 2 is 1.88 bits per heavy atom. The van der Waals surface area contributed by atoms with Crippen LogP contribution in [0.1, 0.15) is 59.1 Å². The van der Waals surface area contributed by atoms with Gasteiger partial charge in [-0.3, -0.25) is 14.5 Å². The molecule has 0 radical (unpaired) electrons. The number of unbranched alkanes of at least 4 members (excludes halogenated alkanes) is 1. The summed E-state index contributed by atoms with van der Waals surface area (Å²) in [5.41, 5.74) is 1.40. The zero-order valence-corrected chi connectivity index (χ0v) is 16.7. The van der Waals surface area contributed by atoms with E-state index in [-0.39, 0.29) is 11.8 Å². The lowest BCUT2D eigenvalue weighted by molar-refractivity contribution is -0.122. The van der Waals surface area contributed by atoms with Gasteiger partial charge < -0.3 is 10.2 Å². The monoisotopic (exact) mass is 377 g/mol. The van der Waals surface area contributed by atoms with Crippen molar-refractivity contribution in [1.82, 2.24) is 15.1 Å². The standard InChI is InChI=1S/C20H31N3O2S/c1-2-3-9-21-19(24)15-22-10-12-23(13-11-22)20(25)18-14-16-7-5-4-6-8-17(16)26-18/h14H,2-13,15H2,1H3,(H,21,24). The third kappa shape index (κ3) is 5.07. The maximum atomic E-state index is 12.8. The fourth-order valence-electron chi connectivity index (χ4n) is 3.70. The molecule has 1 N–H and O–H groups in total. The quantitative estimate of drug-likeness (QED) is 0.613. The second-order valence-electron chi connectivity index (χ2n) is 7.39. The molecule has 0 atom stereocenters. The summed E-state index contributed by atoms with van der Waals surface area (Å²) in [4.78, 5) is 31.2. The van der Waals surface area contributed by atoms with Crippen LogP contribution in [0.15, 0.2) is 6.07 Å². The first kappa shape index (κ1) is 19.4. The number of nitrogens with one attached hydrogen (secondary N) is 1. The van der Waals surface area contributed by atoms with Crippen molar-refractivity contribution in [2.24, 2.45) is 0 Å². The van der Waals surface area contributed by atoms with Crippen LogP contribution in [0.2, 0.25) is 0 Å². The molecule has 1 aromatic rings. The highest BCUT2D eigenvalue weighted by Gasteiger charge is 2.25. The molecule has 2 amide bonds. The van der Waals surface area contributed by atoms with Gasteiger partial charge in [0.1, 0.15) is 0 Å². The van der Waals surface area contributed by atoms with E-state index in [0.717, 1.165) is 50.2 Å². The average Bonchev–Trinajstić information content (AvgIpc) is 2.92. The summed E-state index contributed by atoms with van der Waals surface area (Å²) in [6, 6.07) is 2.14. The van der Waals surface area contributed by atoms with Crippen molar-refractivity contribution in [3.63, 3.8) is 0 Å². The van der Waals surface area contributed by atoms with Gasteiger partial charge in [0.15, 0.2) is 0 Å². The lowest BCUT2D eigenvalue weighted by atomic mass is 10.1. The van der Waals surface area contributed by atoms with Crippen LogP contribution in [0.4, 0.5) is 0 Å². The van der Waals surface area contributed by atoms with Crippen molar-refractivity contribution in [3.8, 4) is 0 Å². The van der Waals surface area contributed by atoms with Crippen molar-refractivity contribution in [1.29, 1.82) is 0 Å². The van der Waals surface area contributed by atoms with E-state index in [4.69, 9.17) is 0 Å². The third-order valence-electron chi connectivity index (χ3n) is 5.34. The first-order valence-electron chi connectivity index (χ1n) is 10.1. The number of fused-ring (bicyclic) bond motifs is 1. The van der Waals surface area contributed by atoms with E-state index in [9.17, 15) is 9.59 Å². The molecule has 0 bridgehead atoms. The van der Waals surface area contributed by atoms with Gasteiger partial charge in [-0.2, -0.15) is 0 Å². The lowest BCUT2D eigenvalue weighted by Gasteiger charge is -2.34. The molecule has 6 heteroatoms. The summed E-state index contributed by atoms with van der Waals surface area (Å²) in [6.07, 6.45) is 8.18. The van der Waals surface area contributed by atoms with E-state index in [2.05, 4.69) is 23.2 Å². The molecule has 26 heavy (non-hydrogen) atoms. The van der Waals surface area contributed by atoms with Crippen LogP contribution in [0.5, 0.6) is 0 Å². The van der Waals surface area contributed by atoms with Crippen LogP contribution in [0.25, 0.3) is 0 Å². The zero-order chi connectivity index (χ0) is 18.4. The number of hydrogen-bond donors (Lipinski definition) is 1. The fourth-order valence-corrected chi connectivity index (χ4v) is 4.92. The van der Waals surface area contributed by atoms with E-state index in [1.165, 1.54) is 29.7 Å². The van der Waals surface area contributed by atoms with Crippen LogP contribution >= 0.6 is 11.3 Å². The number of carbonyl (C=O) groups excluding carboxylic acids is 2. The smallest absolute Gasteiger partial charge is 0.264 e. The summed E-state index contributed by atoms with van der Waals surface area (Å²) < 4.78 is 0. The van der Waals surface area contributed by atoms with Crippen molar-refractivity contribution < 1.29 is 9.59 Å². The SMILES string of the molecule is CCCCNC(=O)CN1CCN(C(=O)c2cc3c(s2)CCCCC3)CC1. The van der Waals surface area contributed by atoms with Gasteiger partial charge in [-0.05, 0) is 43.7 Å². The van der Waals surface area contributed by atoms with Crippen LogP contribution in [-0.2, 0) is 17.6 Å². The molecular weight excluding hydrogens is 346 g/mol. The molecule has 3 rings (SSSR count). The van der Waals surface area contributed by atoms with Gasteiger partial charge >= 0.3 is 0 Å². The predicted molar refractivity (Wildman–Crippen MR) is 106 cm³/mol. The van der Waals surface area contributed by atoms with Crippen molar-refractivity contribution in [2.75, 3.05) is 39.3 Å². The highest BCUT2D eigenvalue weighted by atomic mass is 32.1. The number of carbonyl (C=O) groups is 2. The molecule has 0 unspecified atom stereocenters. The average molecular weight is 378 g/mol. The van der Waals surface area contributed by atoms with Crippen LogP contribution < -0.4 is 5.32 Å². The van der Waals surface area contributed by atoms with Gasteiger partial charge in [-0.25, -0.2) is 0 Å². The molecule has 0 aromatic carbocycles. The largest absolute Gasteiger partial charge is 0.355 e. The fraction of sp³-hybridized carbons (Fsp3) is 0.700. The van der Waals surface area contributed by atoms with Gasteiger partial charge in [-0.15, -0.1) is 11.3 Å². The van der Waals surface area contributed by atoms with Gasteiger partial charge in [0.05, 0.1) is 11.4 Å². The summed E-state index contributed by atoms with van der Waals surface area (Å²) in [7, 11) is 0. The molecule has 144 valence electrons. The summed E-state index contributed by atoms with van der Waals surface area (Å²) in [6.45, 7) is 6.30. The Morgan fingerprint density at radius 3 is 2.65 bits per heavy atom. The number of aryl methyl sites for hydroxylation is 2. The Kier molecular flexibility index (Phi) is 7.08. The van der Waals surface area contributed by atoms with E-state index in [1.807, 2.05) is 4.90 Å². The molecule has 1 aliphatic heterocycles. The molecule has 1 saturated heterocycles. The van der Waals surface area contributed by atoms with E-state index in [0.29, 0.717) is 19.6 Å². The number of piperazine rings is 1. The molecule has 1 aromatic heterocycles. The minimum absolute atomic E-state index is 0.0974. The lowest BCUT2D eigenvalue weighted by Crippen LogP contribution is -2.51. The van der Waals surface area contributed by atoms with Gasteiger partial charge in [0, 0.05) is 37.6 Å². The third-order valence-corrected chi connectivity index (χ3v) is 6.56.